The lowest BCUT2D eigenvalue weighted by atomic mass is 9.83. The summed E-state index contributed by atoms with van der Waals surface area (Å²) in [5.41, 5.74) is 1.99. The molecule has 3 atom stereocenters. The van der Waals surface area contributed by atoms with Gasteiger partial charge in [0.25, 0.3) is 0 Å². The zero-order valence-corrected chi connectivity index (χ0v) is 11.0. The highest BCUT2D eigenvalue weighted by molar-refractivity contribution is 5.90. The highest BCUT2D eigenvalue weighted by Crippen LogP contribution is 2.35. The van der Waals surface area contributed by atoms with Crippen molar-refractivity contribution in [1.29, 1.82) is 5.26 Å². The molecule has 18 heavy (non-hydrogen) atoms. The molecule has 0 spiro atoms. The van der Waals surface area contributed by atoms with Crippen LogP contribution in [0.15, 0.2) is 24.3 Å². The van der Waals surface area contributed by atoms with Crippen LogP contribution in [0.2, 0.25) is 0 Å². The summed E-state index contributed by atoms with van der Waals surface area (Å²) in [7, 11) is 0. The molecule has 1 aliphatic rings. The molecule has 2 rings (SSSR count). The van der Waals surface area contributed by atoms with Gasteiger partial charge in [0.05, 0.1) is 6.07 Å². The molecule has 0 heterocycles. The summed E-state index contributed by atoms with van der Waals surface area (Å²) in [6, 6.07) is 9.92. The third kappa shape index (κ3) is 2.46. The number of hydrogen-bond donors (Lipinski definition) is 0. The quantitative estimate of drug-likeness (QED) is 0.811. The topological polar surface area (TPSA) is 40.9 Å². The second-order valence-electron chi connectivity index (χ2n) is 5.39. The van der Waals surface area contributed by atoms with Gasteiger partial charge in [-0.25, -0.2) is 0 Å². The molecule has 1 saturated carbocycles. The van der Waals surface area contributed by atoms with Crippen molar-refractivity contribution in [3.8, 4) is 6.07 Å². The van der Waals surface area contributed by atoms with E-state index >= 15 is 0 Å². The summed E-state index contributed by atoms with van der Waals surface area (Å²) in [6.07, 6.45) is 3.18. The Kier molecular flexibility index (Phi) is 3.81. The van der Waals surface area contributed by atoms with Crippen LogP contribution >= 0.6 is 0 Å². The number of ketones is 1. The van der Waals surface area contributed by atoms with Crippen molar-refractivity contribution in [2.45, 2.75) is 39.0 Å². The third-order valence-corrected chi connectivity index (χ3v) is 4.05. The molecule has 0 saturated heterocycles. The van der Waals surface area contributed by atoms with Gasteiger partial charge in [-0.1, -0.05) is 43.2 Å². The lowest BCUT2D eigenvalue weighted by molar-refractivity contribution is -0.124. The summed E-state index contributed by atoms with van der Waals surface area (Å²) in [5.74, 6) is 0.0391. The smallest absolute Gasteiger partial charge is 0.157 e. The van der Waals surface area contributed by atoms with Crippen LogP contribution in [-0.4, -0.2) is 5.78 Å². The second kappa shape index (κ2) is 5.35. The summed E-state index contributed by atoms with van der Waals surface area (Å²) >= 11 is 0. The minimum absolute atomic E-state index is 0.0796. The standard InChI is InChI=1S/C16H19NO/c1-11-6-8-13(9-7-11)15(10-17)16(18)14-5-3-4-12(14)2/h6-9,12,14-15H,3-5H2,1-2H3. The minimum atomic E-state index is -0.587. The fourth-order valence-electron chi connectivity index (χ4n) is 2.84. The molecule has 1 aromatic carbocycles. The normalized spacial score (nSPS) is 24.5. The van der Waals surface area contributed by atoms with Crippen LogP contribution in [0.25, 0.3) is 0 Å². The monoisotopic (exact) mass is 241 g/mol. The fraction of sp³-hybridized carbons (Fsp3) is 0.500. The van der Waals surface area contributed by atoms with Gasteiger partial charge >= 0.3 is 0 Å². The molecule has 0 aromatic heterocycles. The predicted molar refractivity (Wildman–Crippen MR) is 71.0 cm³/mol. The summed E-state index contributed by atoms with van der Waals surface area (Å²) in [5, 5.41) is 9.29. The van der Waals surface area contributed by atoms with E-state index in [1.54, 1.807) is 0 Å². The number of carbonyl (C=O) groups is 1. The first-order valence-electron chi connectivity index (χ1n) is 6.63. The minimum Gasteiger partial charge on any atom is -0.298 e. The Hall–Kier alpha value is -1.62. The Morgan fingerprint density at radius 2 is 2.00 bits per heavy atom. The number of hydrogen-bond acceptors (Lipinski definition) is 2. The molecule has 2 heteroatoms. The highest BCUT2D eigenvalue weighted by Gasteiger charge is 2.34. The van der Waals surface area contributed by atoms with Gasteiger partial charge in [-0.05, 0) is 31.2 Å². The zero-order valence-electron chi connectivity index (χ0n) is 11.0. The van der Waals surface area contributed by atoms with Gasteiger partial charge in [-0.2, -0.15) is 5.26 Å². The number of Topliss-reactive ketones (excluding diaryl/α,β-unsaturated/α-hetero) is 1. The van der Waals surface area contributed by atoms with Crippen LogP contribution in [0.5, 0.6) is 0 Å². The van der Waals surface area contributed by atoms with Gasteiger partial charge < -0.3 is 0 Å². The number of nitrogens with zero attached hydrogens (tertiary/aromatic N) is 1. The van der Waals surface area contributed by atoms with E-state index in [-0.39, 0.29) is 11.7 Å². The van der Waals surface area contributed by atoms with Crippen molar-refractivity contribution < 1.29 is 4.79 Å². The Balaban J connectivity index is 2.21. The van der Waals surface area contributed by atoms with Gasteiger partial charge in [-0.3, -0.25) is 4.79 Å². The Bertz CT molecular complexity index is 469. The Morgan fingerprint density at radius 3 is 2.50 bits per heavy atom. The number of benzene rings is 1. The molecule has 0 bridgehead atoms. The lowest BCUT2D eigenvalue weighted by Crippen LogP contribution is -2.23. The van der Waals surface area contributed by atoms with Gasteiger partial charge in [0.2, 0.25) is 0 Å². The van der Waals surface area contributed by atoms with Crippen LogP contribution < -0.4 is 0 Å². The highest BCUT2D eigenvalue weighted by atomic mass is 16.1. The predicted octanol–water partition coefficient (Wildman–Crippen LogP) is 3.61. The van der Waals surface area contributed by atoms with E-state index in [1.165, 1.54) is 0 Å². The summed E-state index contributed by atoms with van der Waals surface area (Å²) < 4.78 is 0. The van der Waals surface area contributed by atoms with Crippen molar-refractivity contribution >= 4 is 5.78 Å². The lowest BCUT2D eigenvalue weighted by Gasteiger charge is -2.17. The maximum atomic E-state index is 12.4. The van der Waals surface area contributed by atoms with Gasteiger partial charge in [0.1, 0.15) is 5.92 Å². The zero-order chi connectivity index (χ0) is 13.1. The summed E-state index contributed by atoms with van der Waals surface area (Å²) in [4.78, 5) is 12.4. The fourth-order valence-corrected chi connectivity index (χ4v) is 2.84. The van der Waals surface area contributed by atoms with Crippen LogP contribution in [-0.2, 0) is 4.79 Å². The van der Waals surface area contributed by atoms with Gasteiger partial charge in [-0.15, -0.1) is 0 Å². The molecule has 0 amide bonds. The van der Waals surface area contributed by atoms with E-state index in [4.69, 9.17) is 0 Å². The number of carbonyl (C=O) groups excluding carboxylic acids is 1. The molecule has 1 aliphatic carbocycles. The van der Waals surface area contributed by atoms with E-state index in [9.17, 15) is 10.1 Å². The average Bonchev–Trinajstić information content (AvgIpc) is 2.78. The van der Waals surface area contributed by atoms with Crippen LogP contribution in [0.4, 0.5) is 0 Å². The third-order valence-electron chi connectivity index (χ3n) is 4.05. The van der Waals surface area contributed by atoms with Crippen molar-refractivity contribution in [2.75, 3.05) is 0 Å². The maximum absolute atomic E-state index is 12.4. The first-order valence-corrected chi connectivity index (χ1v) is 6.63. The molecule has 2 nitrogen and oxygen atoms in total. The first-order chi connectivity index (χ1) is 8.63. The van der Waals surface area contributed by atoms with Crippen molar-refractivity contribution in [1.82, 2.24) is 0 Å². The summed E-state index contributed by atoms with van der Waals surface area (Å²) in [6.45, 7) is 4.13. The van der Waals surface area contributed by atoms with E-state index in [1.807, 2.05) is 31.2 Å². The number of nitriles is 1. The van der Waals surface area contributed by atoms with E-state index < -0.39 is 5.92 Å². The van der Waals surface area contributed by atoms with E-state index in [0.29, 0.717) is 5.92 Å². The molecule has 3 unspecified atom stereocenters. The van der Waals surface area contributed by atoms with Crippen LogP contribution in [0.1, 0.15) is 43.2 Å². The first kappa shape index (κ1) is 12.8. The molecular weight excluding hydrogens is 222 g/mol. The molecular formula is C16H19NO. The second-order valence-corrected chi connectivity index (χ2v) is 5.39. The Labute approximate surface area is 109 Å². The molecule has 0 aliphatic heterocycles. The molecule has 0 N–H and O–H groups in total. The van der Waals surface area contributed by atoms with Crippen molar-refractivity contribution in [2.24, 2.45) is 11.8 Å². The molecule has 94 valence electrons. The SMILES string of the molecule is Cc1ccc(C(C#N)C(=O)C2CCCC2C)cc1. The van der Waals surface area contributed by atoms with Crippen molar-refractivity contribution in [3.05, 3.63) is 35.4 Å². The van der Waals surface area contributed by atoms with E-state index in [0.717, 1.165) is 30.4 Å². The average molecular weight is 241 g/mol. The largest absolute Gasteiger partial charge is 0.298 e. The molecule has 0 radical (unpaired) electrons. The van der Waals surface area contributed by atoms with E-state index in [2.05, 4.69) is 13.0 Å². The van der Waals surface area contributed by atoms with Crippen molar-refractivity contribution in [3.63, 3.8) is 0 Å². The maximum Gasteiger partial charge on any atom is 0.157 e. The Morgan fingerprint density at radius 1 is 1.33 bits per heavy atom. The van der Waals surface area contributed by atoms with Gasteiger partial charge in [0, 0.05) is 5.92 Å². The van der Waals surface area contributed by atoms with Gasteiger partial charge in [0.15, 0.2) is 5.78 Å². The number of aryl methyl sites for hydroxylation is 1. The van der Waals surface area contributed by atoms with Crippen LogP contribution in [0, 0.1) is 30.1 Å². The van der Waals surface area contributed by atoms with Crippen LogP contribution in [0.3, 0.4) is 0 Å². The number of rotatable bonds is 3. The molecule has 1 aromatic rings. The molecule has 1 fully saturated rings.